The van der Waals surface area contributed by atoms with Gasteiger partial charge in [-0.1, -0.05) is 12.2 Å². The highest BCUT2D eigenvalue weighted by atomic mass is 16.5. The molecule has 22 heavy (non-hydrogen) atoms. The van der Waals surface area contributed by atoms with E-state index in [-0.39, 0.29) is 0 Å². The standard InChI is InChI=1S/C16H25N3O3/c1-6-7-8-9-18-16(17-2)19-12-10-13(20-3)15(22-5)14(11-12)21-4/h6-7,10-11H,8-9H2,1-5H3,(H2,17,18,19). The highest BCUT2D eigenvalue weighted by Gasteiger charge is 2.13. The van der Waals surface area contributed by atoms with Crippen LogP contribution in [0.2, 0.25) is 0 Å². The minimum Gasteiger partial charge on any atom is -0.493 e. The average Bonchev–Trinajstić information content (AvgIpc) is 2.56. The Morgan fingerprint density at radius 2 is 1.77 bits per heavy atom. The maximum Gasteiger partial charge on any atom is 0.203 e. The van der Waals surface area contributed by atoms with Gasteiger partial charge < -0.3 is 24.8 Å². The van der Waals surface area contributed by atoms with Crippen molar-refractivity contribution in [3.05, 3.63) is 24.3 Å². The van der Waals surface area contributed by atoms with E-state index in [1.165, 1.54) is 0 Å². The monoisotopic (exact) mass is 307 g/mol. The third kappa shape index (κ3) is 4.87. The van der Waals surface area contributed by atoms with Crippen LogP contribution in [0.15, 0.2) is 29.3 Å². The molecule has 0 aliphatic heterocycles. The molecule has 6 heteroatoms. The molecular weight excluding hydrogens is 282 g/mol. The first kappa shape index (κ1) is 17.7. The second-order valence-corrected chi connectivity index (χ2v) is 4.40. The Labute approximate surface area is 132 Å². The first-order chi connectivity index (χ1) is 10.7. The van der Waals surface area contributed by atoms with Gasteiger partial charge in [0.05, 0.1) is 21.3 Å². The normalized spacial score (nSPS) is 11.4. The fourth-order valence-corrected chi connectivity index (χ4v) is 1.91. The minimum atomic E-state index is 0.562. The van der Waals surface area contributed by atoms with Crippen LogP contribution in [-0.2, 0) is 0 Å². The number of ether oxygens (including phenoxy) is 3. The highest BCUT2D eigenvalue weighted by molar-refractivity contribution is 5.94. The van der Waals surface area contributed by atoms with E-state index in [2.05, 4.69) is 21.7 Å². The van der Waals surface area contributed by atoms with E-state index in [0.29, 0.717) is 23.2 Å². The number of hydrogen-bond donors (Lipinski definition) is 2. The molecule has 0 saturated carbocycles. The molecule has 122 valence electrons. The zero-order valence-corrected chi connectivity index (χ0v) is 13.9. The molecule has 0 radical (unpaired) electrons. The average molecular weight is 307 g/mol. The molecule has 0 unspecified atom stereocenters. The fraction of sp³-hybridized carbons (Fsp3) is 0.438. The van der Waals surface area contributed by atoms with E-state index in [1.807, 2.05) is 25.1 Å². The van der Waals surface area contributed by atoms with Gasteiger partial charge in [0.2, 0.25) is 5.75 Å². The smallest absolute Gasteiger partial charge is 0.203 e. The first-order valence-corrected chi connectivity index (χ1v) is 7.09. The van der Waals surface area contributed by atoms with Crippen molar-refractivity contribution < 1.29 is 14.2 Å². The molecular formula is C16H25N3O3. The van der Waals surface area contributed by atoms with E-state index in [9.17, 15) is 0 Å². The van der Waals surface area contributed by atoms with Gasteiger partial charge in [-0.05, 0) is 13.3 Å². The Morgan fingerprint density at radius 1 is 1.14 bits per heavy atom. The third-order valence-electron chi connectivity index (χ3n) is 2.99. The Hall–Kier alpha value is -2.37. The molecule has 0 saturated heterocycles. The lowest BCUT2D eigenvalue weighted by atomic mass is 10.2. The van der Waals surface area contributed by atoms with Gasteiger partial charge in [0.15, 0.2) is 17.5 Å². The van der Waals surface area contributed by atoms with Crippen LogP contribution in [0.5, 0.6) is 17.2 Å². The molecule has 1 aromatic rings. The van der Waals surface area contributed by atoms with Crippen LogP contribution in [0, 0.1) is 0 Å². The van der Waals surface area contributed by atoms with Crippen molar-refractivity contribution in [1.82, 2.24) is 5.32 Å². The predicted molar refractivity (Wildman–Crippen MR) is 90.5 cm³/mol. The number of rotatable bonds is 7. The Kier molecular flexibility index (Phi) is 7.67. The minimum absolute atomic E-state index is 0.562. The molecule has 0 spiro atoms. The fourth-order valence-electron chi connectivity index (χ4n) is 1.91. The predicted octanol–water partition coefficient (Wildman–Crippen LogP) is 2.67. The number of nitrogens with one attached hydrogen (secondary N) is 2. The van der Waals surface area contributed by atoms with Gasteiger partial charge in [-0.25, -0.2) is 0 Å². The molecule has 0 amide bonds. The van der Waals surface area contributed by atoms with Gasteiger partial charge in [-0.15, -0.1) is 0 Å². The van der Waals surface area contributed by atoms with Crippen molar-refractivity contribution in [2.75, 3.05) is 40.2 Å². The molecule has 2 N–H and O–H groups in total. The van der Waals surface area contributed by atoms with Gasteiger partial charge >= 0.3 is 0 Å². The van der Waals surface area contributed by atoms with Crippen molar-refractivity contribution in [2.24, 2.45) is 4.99 Å². The number of aliphatic imine (C=N–C) groups is 1. The summed E-state index contributed by atoms with van der Waals surface area (Å²) in [5.74, 6) is 2.42. The number of allylic oxidation sites excluding steroid dienone is 1. The molecule has 1 rings (SSSR count). The quantitative estimate of drug-likeness (QED) is 0.351. The maximum atomic E-state index is 5.33. The second-order valence-electron chi connectivity index (χ2n) is 4.40. The Balaban J connectivity index is 2.87. The number of nitrogens with zero attached hydrogens (tertiary/aromatic N) is 1. The summed E-state index contributed by atoms with van der Waals surface area (Å²) in [4.78, 5) is 4.19. The van der Waals surface area contributed by atoms with Gasteiger partial charge in [-0.3, -0.25) is 4.99 Å². The van der Waals surface area contributed by atoms with Gasteiger partial charge in [0, 0.05) is 31.4 Å². The lowest BCUT2D eigenvalue weighted by Crippen LogP contribution is -2.31. The van der Waals surface area contributed by atoms with Gasteiger partial charge in [-0.2, -0.15) is 0 Å². The van der Waals surface area contributed by atoms with E-state index in [0.717, 1.165) is 18.7 Å². The molecule has 6 nitrogen and oxygen atoms in total. The van der Waals surface area contributed by atoms with Crippen molar-refractivity contribution in [3.8, 4) is 17.2 Å². The van der Waals surface area contributed by atoms with Crippen LogP contribution in [0.3, 0.4) is 0 Å². The largest absolute Gasteiger partial charge is 0.493 e. The number of guanidine groups is 1. The zero-order chi connectivity index (χ0) is 16.4. The molecule has 0 aromatic heterocycles. The molecule has 0 heterocycles. The number of methoxy groups -OCH3 is 3. The van der Waals surface area contributed by atoms with Crippen LogP contribution in [0.4, 0.5) is 5.69 Å². The summed E-state index contributed by atoms with van der Waals surface area (Å²) in [6.07, 6.45) is 5.06. The first-order valence-electron chi connectivity index (χ1n) is 7.09. The molecule has 0 atom stereocenters. The highest BCUT2D eigenvalue weighted by Crippen LogP contribution is 2.39. The summed E-state index contributed by atoms with van der Waals surface area (Å²) in [6.45, 7) is 2.80. The summed E-state index contributed by atoms with van der Waals surface area (Å²) in [7, 11) is 6.48. The van der Waals surface area contributed by atoms with E-state index >= 15 is 0 Å². The number of anilines is 1. The molecule has 0 bridgehead atoms. The second kappa shape index (κ2) is 9.55. The Morgan fingerprint density at radius 3 is 2.23 bits per heavy atom. The van der Waals surface area contributed by atoms with Crippen LogP contribution in [0.1, 0.15) is 13.3 Å². The number of benzene rings is 1. The van der Waals surface area contributed by atoms with Crippen molar-refractivity contribution in [3.63, 3.8) is 0 Å². The van der Waals surface area contributed by atoms with E-state index in [4.69, 9.17) is 14.2 Å². The Bertz CT molecular complexity index is 502. The molecule has 0 aliphatic rings. The zero-order valence-electron chi connectivity index (χ0n) is 13.9. The van der Waals surface area contributed by atoms with Crippen LogP contribution < -0.4 is 24.8 Å². The maximum absolute atomic E-state index is 5.33. The molecule has 0 aliphatic carbocycles. The summed E-state index contributed by atoms with van der Waals surface area (Å²) in [5, 5.41) is 6.44. The SMILES string of the molecule is CC=CCCNC(=NC)Nc1cc(OC)c(OC)c(OC)c1. The summed E-state index contributed by atoms with van der Waals surface area (Å²) in [5.41, 5.74) is 0.800. The lowest BCUT2D eigenvalue weighted by Gasteiger charge is -2.16. The van der Waals surface area contributed by atoms with E-state index in [1.54, 1.807) is 28.4 Å². The van der Waals surface area contributed by atoms with Crippen molar-refractivity contribution in [1.29, 1.82) is 0 Å². The van der Waals surface area contributed by atoms with Crippen LogP contribution in [0.25, 0.3) is 0 Å². The van der Waals surface area contributed by atoms with Crippen molar-refractivity contribution >= 4 is 11.6 Å². The van der Waals surface area contributed by atoms with Crippen molar-refractivity contribution in [2.45, 2.75) is 13.3 Å². The van der Waals surface area contributed by atoms with E-state index < -0.39 is 0 Å². The number of hydrogen-bond acceptors (Lipinski definition) is 4. The lowest BCUT2D eigenvalue weighted by molar-refractivity contribution is 0.324. The van der Waals surface area contributed by atoms with Gasteiger partial charge in [0.25, 0.3) is 0 Å². The third-order valence-corrected chi connectivity index (χ3v) is 2.99. The summed E-state index contributed by atoms with van der Waals surface area (Å²) >= 11 is 0. The molecule has 1 aromatic carbocycles. The van der Waals surface area contributed by atoms with Crippen LogP contribution >= 0.6 is 0 Å². The summed E-state index contributed by atoms with van der Waals surface area (Å²) < 4.78 is 16.0. The van der Waals surface area contributed by atoms with Gasteiger partial charge in [0.1, 0.15) is 0 Å². The topological polar surface area (TPSA) is 64.1 Å². The molecule has 0 fully saturated rings. The van der Waals surface area contributed by atoms with Crippen LogP contribution in [-0.4, -0.2) is 40.9 Å². The summed E-state index contributed by atoms with van der Waals surface area (Å²) in [6, 6.07) is 3.67.